The van der Waals surface area contributed by atoms with Gasteiger partial charge in [0.1, 0.15) is 0 Å². The van der Waals surface area contributed by atoms with E-state index in [2.05, 4.69) is 32.6 Å². The summed E-state index contributed by atoms with van der Waals surface area (Å²) in [5.74, 6) is 0. The van der Waals surface area contributed by atoms with Crippen LogP contribution >= 0.6 is 0 Å². The molecule has 96 valence electrons. The zero-order valence-electron chi connectivity index (χ0n) is 11.7. The highest BCUT2D eigenvalue weighted by Crippen LogP contribution is 2.32. The fourth-order valence-corrected chi connectivity index (χ4v) is 2.71. The van der Waals surface area contributed by atoms with E-state index >= 15 is 0 Å². The van der Waals surface area contributed by atoms with Crippen LogP contribution in [0.3, 0.4) is 0 Å². The van der Waals surface area contributed by atoms with Crippen molar-refractivity contribution in [2.45, 2.75) is 53.4 Å². The first-order valence-electron chi connectivity index (χ1n) is 6.83. The minimum Gasteiger partial charge on any atom is -0.330 e. The van der Waals surface area contributed by atoms with Gasteiger partial charge >= 0.3 is 0 Å². The van der Waals surface area contributed by atoms with E-state index in [4.69, 9.17) is 5.73 Å². The Morgan fingerprint density at radius 2 is 1.81 bits per heavy atom. The highest BCUT2D eigenvalue weighted by molar-refractivity contribution is 4.84. The van der Waals surface area contributed by atoms with Gasteiger partial charge in [-0.2, -0.15) is 0 Å². The van der Waals surface area contributed by atoms with E-state index in [1.165, 1.54) is 45.3 Å². The molecule has 1 heterocycles. The predicted octanol–water partition coefficient (Wildman–Crippen LogP) is 2.87. The van der Waals surface area contributed by atoms with Crippen LogP contribution in [0, 0.1) is 10.8 Å². The Morgan fingerprint density at radius 1 is 1.25 bits per heavy atom. The monoisotopic (exact) mass is 226 g/mol. The van der Waals surface area contributed by atoms with Crippen molar-refractivity contribution in [3.05, 3.63) is 0 Å². The van der Waals surface area contributed by atoms with Crippen molar-refractivity contribution in [3.63, 3.8) is 0 Å². The van der Waals surface area contributed by atoms with Crippen molar-refractivity contribution in [2.75, 3.05) is 26.2 Å². The van der Waals surface area contributed by atoms with Crippen molar-refractivity contribution in [3.8, 4) is 0 Å². The molecular formula is C14H30N2. The lowest BCUT2D eigenvalue weighted by Crippen LogP contribution is -2.45. The third-order valence-electron chi connectivity index (χ3n) is 4.16. The van der Waals surface area contributed by atoms with Gasteiger partial charge in [-0.25, -0.2) is 0 Å². The molecule has 2 N–H and O–H groups in total. The molecule has 1 atom stereocenters. The Bertz CT molecular complexity index is 203. The number of hydrogen-bond donors (Lipinski definition) is 1. The number of hydrogen-bond acceptors (Lipinski definition) is 2. The van der Waals surface area contributed by atoms with Gasteiger partial charge in [0, 0.05) is 6.54 Å². The van der Waals surface area contributed by atoms with Crippen LogP contribution in [0.4, 0.5) is 0 Å². The molecule has 2 heteroatoms. The summed E-state index contributed by atoms with van der Waals surface area (Å²) in [5.41, 5.74) is 6.82. The average molecular weight is 226 g/mol. The summed E-state index contributed by atoms with van der Waals surface area (Å²) in [7, 11) is 0. The minimum absolute atomic E-state index is 0.330. The predicted molar refractivity (Wildman–Crippen MR) is 71.5 cm³/mol. The standard InChI is InChI=1S/C14H30N2/c1-5-6-14(4,11-15)12-16-9-7-13(2,3)8-10-16/h5-12,15H2,1-4H3. The molecule has 1 unspecified atom stereocenters. The number of nitrogens with two attached hydrogens (primary N) is 1. The van der Waals surface area contributed by atoms with Crippen LogP contribution in [0.1, 0.15) is 53.4 Å². The normalized spacial score (nSPS) is 25.3. The largest absolute Gasteiger partial charge is 0.330 e. The lowest BCUT2D eigenvalue weighted by Gasteiger charge is -2.41. The maximum atomic E-state index is 5.94. The second-order valence-corrected chi connectivity index (χ2v) is 6.71. The number of likely N-dealkylation sites (tertiary alicyclic amines) is 1. The Balaban J connectivity index is 2.42. The number of rotatable bonds is 5. The first-order valence-corrected chi connectivity index (χ1v) is 6.83. The minimum atomic E-state index is 0.330. The maximum absolute atomic E-state index is 5.94. The number of piperidine rings is 1. The zero-order valence-corrected chi connectivity index (χ0v) is 11.7. The summed E-state index contributed by atoms with van der Waals surface area (Å²) in [4.78, 5) is 2.62. The molecule has 0 radical (unpaired) electrons. The Morgan fingerprint density at radius 3 is 2.25 bits per heavy atom. The second-order valence-electron chi connectivity index (χ2n) is 6.71. The Hall–Kier alpha value is -0.0800. The van der Waals surface area contributed by atoms with Crippen LogP contribution < -0.4 is 5.73 Å². The smallest absolute Gasteiger partial charge is 0.00474 e. The highest BCUT2D eigenvalue weighted by atomic mass is 15.1. The molecule has 0 saturated carbocycles. The highest BCUT2D eigenvalue weighted by Gasteiger charge is 2.30. The van der Waals surface area contributed by atoms with E-state index in [-0.39, 0.29) is 0 Å². The van der Waals surface area contributed by atoms with Crippen LogP contribution in [0.15, 0.2) is 0 Å². The van der Waals surface area contributed by atoms with Gasteiger partial charge in [-0.1, -0.05) is 34.1 Å². The summed E-state index contributed by atoms with van der Waals surface area (Å²) in [6, 6.07) is 0. The molecule has 1 saturated heterocycles. The van der Waals surface area contributed by atoms with E-state index in [0.29, 0.717) is 10.8 Å². The van der Waals surface area contributed by atoms with Crippen LogP contribution in [0.5, 0.6) is 0 Å². The molecule has 0 spiro atoms. The van der Waals surface area contributed by atoms with E-state index in [1.54, 1.807) is 0 Å². The fourth-order valence-electron chi connectivity index (χ4n) is 2.71. The van der Waals surface area contributed by atoms with Gasteiger partial charge in [0.25, 0.3) is 0 Å². The molecule has 2 nitrogen and oxygen atoms in total. The Kier molecular flexibility index (Phi) is 4.81. The molecule has 0 aromatic carbocycles. The molecule has 16 heavy (non-hydrogen) atoms. The summed E-state index contributed by atoms with van der Waals surface area (Å²) in [5, 5.41) is 0. The molecule has 0 amide bonds. The SMILES string of the molecule is CCCC(C)(CN)CN1CCC(C)(C)CC1. The summed E-state index contributed by atoms with van der Waals surface area (Å²) >= 11 is 0. The lowest BCUT2D eigenvalue weighted by atomic mass is 9.80. The quantitative estimate of drug-likeness (QED) is 0.781. The van der Waals surface area contributed by atoms with Gasteiger partial charge < -0.3 is 10.6 Å². The van der Waals surface area contributed by atoms with Gasteiger partial charge in [0.15, 0.2) is 0 Å². The molecule has 0 aromatic rings. The fraction of sp³-hybridized carbons (Fsp3) is 1.00. The van der Waals surface area contributed by atoms with Crippen molar-refractivity contribution >= 4 is 0 Å². The van der Waals surface area contributed by atoms with Gasteiger partial charge in [-0.15, -0.1) is 0 Å². The van der Waals surface area contributed by atoms with Gasteiger partial charge in [0.05, 0.1) is 0 Å². The molecule has 1 aliphatic heterocycles. The third-order valence-corrected chi connectivity index (χ3v) is 4.16. The molecular weight excluding hydrogens is 196 g/mol. The molecule has 1 fully saturated rings. The van der Waals surface area contributed by atoms with Crippen LogP contribution in [0.25, 0.3) is 0 Å². The van der Waals surface area contributed by atoms with Crippen molar-refractivity contribution in [1.29, 1.82) is 0 Å². The van der Waals surface area contributed by atoms with Crippen LogP contribution in [-0.4, -0.2) is 31.1 Å². The lowest BCUT2D eigenvalue weighted by molar-refractivity contribution is 0.0873. The topological polar surface area (TPSA) is 29.3 Å². The van der Waals surface area contributed by atoms with Crippen molar-refractivity contribution in [1.82, 2.24) is 4.90 Å². The van der Waals surface area contributed by atoms with E-state index in [1.807, 2.05) is 0 Å². The molecule has 1 rings (SSSR count). The summed E-state index contributed by atoms with van der Waals surface area (Å²) in [6.45, 7) is 13.9. The van der Waals surface area contributed by atoms with E-state index in [0.717, 1.165) is 6.54 Å². The third kappa shape index (κ3) is 4.06. The first-order chi connectivity index (χ1) is 7.41. The number of nitrogens with zero attached hydrogens (tertiary/aromatic N) is 1. The van der Waals surface area contributed by atoms with Crippen LogP contribution in [0.2, 0.25) is 0 Å². The second kappa shape index (κ2) is 5.50. The van der Waals surface area contributed by atoms with Crippen molar-refractivity contribution in [2.24, 2.45) is 16.6 Å². The Labute approximate surface area is 102 Å². The average Bonchev–Trinajstić information content (AvgIpc) is 2.22. The molecule has 0 aromatic heterocycles. The van der Waals surface area contributed by atoms with Crippen molar-refractivity contribution < 1.29 is 0 Å². The summed E-state index contributed by atoms with van der Waals surface area (Å²) in [6.07, 6.45) is 5.16. The molecule has 0 bridgehead atoms. The summed E-state index contributed by atoms with van der Waals surface area (Å²) < 4.78 is 0. The van der Waals surface area contributed by atoms with E-state index < -0.39 is 0 Å². The van der Waals surface area contributed by atoms with Gasteiger partial charge in [-0.05, 0) is 49.7 Å². The molecule has 1 aliphatic rings. The van der Waals surface area contributed by atoms with E-state index in [9.17, 15) is 0 Å². The van der Waals surface area contributed by atoms with Crippen LogP contribution in [-0.2, 0) is 0 Å². The maximum Gasteiger partial charge on any atom is 0.00474 e. The van der Waals surface area contributed by atoms with Gasteiger partial charge in [-0.3, -0.25) is 0 Å². The first kappa shape index (κ1) is 14.0. The molecule has 0 aliphatic carbocycles. The van der Waals surface area contributed by atoms with Gasteiger partial charge in [0.2, 0.25) is 0 Å². The zero-order chi connectivity index (χ0) is 12.2.